The van der Waals surface area contributed by atoms with Crippen LogP contribution in [0.25, 0.3) is 0 Å². The Labute approximate surface area is 82.0 Å². The molecule has 7 heteroatoms. The maximum absolute atomic E-state index is 8.52. The van der Waals surface area contributed by atoms with Gasteiger partial charge in [-0.1, -0.05) is 0 Å². The first-order chi connectivity index (χ1) is 2.00. The van der Waals surface area contributed by atoms with Crippen LogP contribution < -0.4 is 0 Å². The molecule has 0 aromatic heterocycles. The van der Waals surface area contributed by atoms with Crippen LogP contribution in [0.1, 0.15) is 0 Å². The minimum Gasteiger partial charge on any atom is -0.759 e. The van der Waals surface area contributed by atoms with E-state index in [1.54, 1.807) is 0 Å². The number of hydrogen-bond donors (Lipinski definition) is 0. The van der Waals surface area contributed by atoms with Crippen LogP contribution in [0.2, 0.25) is 0 Å². The van der Waals surface area contributed by atoms with Crippen molar-refractivity contribution < 1.29 is 17.5 Å². The fourth-order valence-corrected chi connectivity index (χ4v) is 0. The van der Waals surface area contributed by atoms with Crippen LogP contribution in [0.3, 0.4) is 0 Å². The largest absolute Gasteiger partial charge is 2.00 e. The van der Waals surface area contributed by atoms with E-state index in [4.69, 9.17) is 17.5 Å². The molecule has 0 aromatic carbocycles. The van der Waals surface area contributed by atoms with Gasteiger partial charge >= 0.3 is 37.7 Å². The van der Waals surface area contributed by atoms with E-state index in [0.717, 1.165) is 0 Å². The second-order valence-corrected chi connectivity index (χ2v) is 1.22. The normalized spacial score (nSPS) is 8.29. The van der Waals surface area contributed by atoms with E-state index >= 15 is 0 Å². The van der Waals surface area contributed by atoms with Crippen molar-refractivity contribution in [2.45, 2.75) is 0 Å². The monoisotopic (exact) mass is 163 g/mol. The van der Waals surface area contributed by atoms with Gasteiger partial charge < -0.3 is 9.11 Å². The van der Waals surface area contributed by atoms with Crippen LogP contribution >= 0.6 is 0 Å². The predicted molar refractivity (Wildman–Crippen MR) is 22.0 cm³/mol. The van der Waals surface area contributed by atoms with Crippen molar-refractivity contribution in [2.75, 3.05) is 0 Å². The minimum atomic E-state index is -5.17. The molecule has 0 bridgehead atoms. The summed E-state index contributed by atoms with van der Waals surface area (Å²) in [6.45, 7) is 0. The molecule has 0 aliphatic carbocycles. The molecule has 0 amide bonds. The molecule has 0 saturated carbocycles. The molecule has 0 spiro atoms. The van der Waals surface area contributed by atoms with Crippen molar-refractivity contribution >= 4 is 65.5 Å². The van der Waals surface area contributed by atoms with E-state index in [9.17, 15) is 0 Å². The Kier molecular flexibility index (Phi) is 13.1. The fraction of sp³-hybridized carbons (Fsp3) is 0. The topological polar surface area (TPSA) is 80.3 Å². The SMILES string of the molecule is O=S(=O)([O-])[O-].[Al].[Ca+2]. The molecule has 0 unspecified atom stereocenters. The Bertz CT molecular complexity index is 94.9. The molecule has 7 heavy (non-hydrogen) atoms. The average Bonchev–Trinajstić information content (AvgIpc) is 0.722. The van der Waals surface area contributed by atoms with Gasteiger partial charge in [-0.15, -0.1) is 0 Å². The quantitative estimate of drug-likeness (QED) is 0.233. The molecule has 0 saturated heterocycles. The molecule has 0 fully saturated rings. The Hall–Kier alpha value is 1.66. The van der Waals surface area contributed by atoms with Gasteiger partial charge in [0.1, 0.15) is 0 Å². The maximum atomic E-state index is 8.52. The van der Waals surface area contributed by atoms with Gasteiger partial charge in [0.05, 0.1) is 0 Å². The third-order valence-corrected chi connectivity index (χ3v) is 0. The molecule has 0 atom stereocenters. The van der Waals surface area contributed by atoms with Crippen molar-refractivity contribution in [3.8, 4) is 0 Å². The summed E-state index contributed by atoms with van der Waals surface area (Å²) in [4.78, 5) is 0. The summed E-state index contributed by atoms with van der Waals surface area (Å²) in [6.07, 6.45) is 0. The second kappa shape index (κ2) is 5.79. The summed E-state index contributed by atoms with van der Waals surface area (Å²) >= 11 is 0. The van der Waals surface area contributed by atoms with E-state index in [-0.39, 0.29) is 55.1 Å². The van der Waals surface area contributed by atoms with E-state index in [0.29, 0.717) is 0 Å². The molecule has 4 nitrogen and oxygen atoms in total. The first-order valence-electron chi connectivity index (χ1n) is 0.667. The zero-order valence-electron chi connectivity index (χ0n) is 3.33. The van der Waals surface area contributed by atoms with Gasteiger partial charge in [0.15, 0.2) is 0 Å². The van der Waals surface area contributed by atoms with E-state index in [1.165, 1.54) is 0 Å². The fourth-order valence-electron chi connectivity index (χ4n) is 0. The zero-order chi connectivity index (χ0) is 4.50. The predicted octanol–water partition coefficient (Wildman–Crippen LogP) is -2.10. The van der Waals surface area contributed by atoms with E-state index in [2.05, 4.69) is 0 Å². The molecule has 0 aliphatic rings. The van der Waals surface area contributed by atoms with Gasteiger partial charge in [-0.2, -0.15) is 0 Å². The van der Waals surface area contributed by atoms with Gasteiger partial charge in [-0.3, -0.25) is 8.42 Å². The van der Waals surface area contributed by atoms with Crippen molar-refractivity contribution in [1.82, 2.24) is 0 Å². The Morgan fingerprint density at radius 1 is 1.14 bits per heavy atom. The molecule has 0 aliphatic heterocycles. The molecule has 35 valence electrons. The minimum absolute atomic E-state index is 0. The molecule has 0 rings (SSSR count). The van der Waals surface area contributed by atoms with Crippen molar-refractivity contribution in [3.05, 3.63) is 0 Å². The molecule has 0 N–H and O–H groups in total. The van der Waals surface area contributed by atoms with Crippen LogP contribution in [-0.2, 0) is 10.4 Å². The van der Waals surface area contributed by atoms with Gasteiger partial charge in [0.2, 0.25) is 0 Å². The first kappa shape index (κ1) is 15.9. The Morgan fingerprint density at radius 2 is 1.14 bits per heavy atom. The van der Waals surface area contributed by atoms with Gasteiger partial charge in [-0.25, -0.2) is 0 Å². The van der Waals surface area contributed by atoms with Crippen LogP contribution in [0.5, 0.6) is 0 Å². The molecular weight excluding hydrogens is 163 g/mol. The standard InChI is InChI=1S/Al.Ca.H2O4S/c;;1-5(2,3)4/h;;(H2,1,2,3,4)/q;+2;/p-2. The smallest absolute Gasteiger partial charge is 0.759 e. The second-order valence-electron chi connectivity index (χ2n) is 0.408. The van der Waals surface area contributed by atoms with Crippen molar-refractivity contribution in [1.29, 1.82) is 0 Å². The molecular formula is AlCaO4S. The van der Waals surface area contributed by atoms with Gasteiger partial charge in [0, 0.05) is 27.8 Å². The summed E-state index contributed by atoms with van der Waals surface area (Å²) in [5, 5.41) is 0. The van der Waals surface area contributed by atoms with E-state index in [1.807, 2.05) is 0 Å². The summed E-state index contributed by atoms with van der Waals surface area (Å²) in [7, 11) is -5.17. The van der Waals surface area contributed by atoms with Gasteiger partial charge in [-0.05, 0) is 0 Å². The average molecular weight is 163 g/mol. The third kappa shape index (κ3) is 88.9. The summed E-state index contributed by atoms with van der Waals surface area (Å²) in [5.41, 5.74) is 0. The number of hydrogen-bond acceptors (Lipinski definition) is 4. The summed E-state index contributed by atoms with van der Waals surface area (Å²) < 4.78 is 34.1. The van der Waals surface area contributed by atoms with Crippen LogP contribution in [0.4, 0.5) is 0 Å². The molecule has 0 aromatic rings. The Balaban J connectivity index is -0.0000000800. The summed E-state index contributed by atoms with van der Waals surface area (Å²) in [5.74, 6) is 0. The zero-order valence-corrected chi connectivity index (χ0v) is 7.51. The summed E-state index contributed by atoms with van der Waals surface area (Å²) in [6, 6.07) is 0. The van der Waals surface area contributed by atoms with Crippen molar-refractivity contribution in [2.24, 2.45) is 0 Å². The molecule has 3 radical (unpaired) electrons. The van der Waals surface area contributed by atoms with Crippen LogP contribution in [0.15, 0.2) is 0 Å². The Morgan fingerprint density at radius 3 is 1.14 bits per heavy atom. The van der Waals surface area contributed by atoms with Gasteiger partial charge in [0.25, 0.3) is 0 Å². The van der Waals surface area contributed by atoms with Crippen LogP contribution in [-0.4, -0.2) is 72.6 Å². The van der Waals surface area contributed by atoms with Crippen molar-refractivity contribution in [3.63, 3.8) is 0 Å². The van der Waals surface area contributed by atoms with Crippen LogP contribution in [0, 0.1) is 0 Å². The third-order valence-electron chi connectivity index (χ3n) is 0. The number of rotatable bonds is 0. The maximum Gasteiger partial charge on any atom is 2.00 e. The van der Waals surface area contributed by atoms with E-state index < -0.39 is 10.4 Å². The molecule has 0 heterocycles. The first-order valence-corrected chi connectivity index (χ1v) is 2.00.